The number of benzene rings is 1. The van der Waals surface area contributed by atoms with E-state index in [9.17, 15) is 14.7 Å². The molecule has 0 amide bonds. The first-order valence-corrected chi connectivity index (χ1v) is 8.03. The van der Waals surface area contributed by atoms with Crippen LogP contribution in [-0.2, 0) is 9.59 Å². The highest BCUT2D eigenvalue weighted by Crippen LogP contribution is 2.29. The van der Waals surface area contributed by atoms with Gasteiger partial charge in [-0.25, -0.2) is 0 Å². The van der Waals surface area contributed by atoms with Crippen molar-refractivity contribution in [1.29, 1.82) is 0 Å². The number of carboxylic acids is 2. The zero-order chi connectivity index (χ0) is 17.0. The summed E-state index contributed by atoms with van der Waals surface area (Å²) in [5.74, 6) is -3.25. The Balaban J connectivity index is 2.36. The van der Waals surface area contributed by atoms with Gasteiger partial charge in [-0.2, -0.15) is 0 Å². The highest BCUT2D eigenvalue weighted by molar-refractivity contribution is 7.10. The van der Waals surface area contributed by atoms with E-state index in [1.54, 1.807) is 11.3 Å². The molecule has 2 aromatic rings. The first-order chi connectivity index (χ1) is 10.9. The summed E-state index contributed by atoms with van der Waals surface area (Å²) in [7, 11) is 0. The van der Waals surface area contributed by atoms with Crippen LogP contribution < -0.4 is 0 Å². The number of aliphatic carboxylic acids is 2. The summed E-state index contributed by atoms with van der Waals surface area (Å²) in [6.07, 6.45) is 3.56. The molecule has 0 aliphatic rings. The molecule has 0 saturated carbocycles. The third-order valence-electron chi connectivity index (χ3n) is 3.62. The second-order valence-corrected chi connectivity index (χ2v) is 6.39. The predicted octanol–water partition coefficient (Wildman–Crippen LogP) is 4.18. The molecule has 0 bridgehead atoms. The van der Waals surface area contributed by atoms with E-state index in [-0.39, 0.29) is 0 Å². The molecular formula is C18H18O4S. The van der Waals surface area contributed by atoms with Crippen molar-refractivity contribution < 1.29 is 19.8 Å². The van der Waals surface area contributed by atoms with Crippen LogP contribution >= 0.6 is 11.3 Å². The fraction of sp³-hybridized carbons (Fsp3) is 0.222. The molecule has 0 radical (unpaired) electrons. The molecule has 0 spiro atoms. The second-order valence-electron chi connectivity index (χ2n) is 5.41. The first-order valence-electron chi connectivity index (χ1n) is 7.16. The Morgan fingerprint density at radius 2 is 1.83 bits per heavy atom. The molecule has 1 unspecified atom stereocenters. The van der Waals surface area contributed by atoms with Crippen molar-refractivity contribution in [2.24, 2.45) is 0 Å². The normalized spacial score (nSPS) is 12.4. The third kappa shape index (κ3) is 4.29. The maximum Gasteiger partial charge on any atom is 0.311 e. The molecule has 0 fully saturated rings. The Bertz CT molecular complexity index is 721. The van der Waals surface area contributed by atoms with E-state index in [1.807, 2.05) is 55.6 Å². The lowest BCUT2D eigenvalue weighted by molar-refractivity contribution is -0.145. The zero-order valence-corrected chi connectivity index (χ0v) is 13.8. The molecule has 1 atom stereocenters. The van der Waals surface area contributed by atoms with E-state index in [4.69, 9.17) is 5.11 Å². The van der Waals surface area contributed by atoms with Crippen LogP contribution in [0.3, 0.4) is 0 Å². The van der Waals surface area contributed by atoms with Gasteiger partial charge in [-0.15, -0.1) is 11.3 Å². The molecule has 1 aromatic carbocycles. The summed E-state index contributed by atoms with van der Waals surface area (Å²) in [4.78, 5) is 23.5. The van der Waals surface area contributed by atoms with Gasteiger partial charge in [0, 0.05) is 4.88 Å². The number of hydrogen-bond donors (Lipinski definition) is 2. The molecule has 1 heterocycles. The van der Waals surface area contributed by atoms with E-state index in [1.165, 1.54) is 0 Å². The van der Waals surface area contributed by atoms with Crippen molar-refractivity contribution >= 4 is 35.4 Å². The minimum atomic E-state index is -1.11. The smallest absolute Gasteiger partial charge is 0.311 e. The molecule has 2 N–H and O–H groups in total. The van der Waals surface area contributed by atoms with Crippen molar-refractivity contribution in [3.63, 3.8) is 0 Å². The molecule has 0 aliphatic heterocycles. The number of hydrogen-bond acceptors (Lipinski definition) is 3. The average molecular weight is 330 g/mol. The van der Waals surface area contributed by atoms with E-state index in [2.05, 4.69) is 0 Å². The summed E-state index contributed by atoms with van der Waals surface area (Å²) in [5, 5.41) is 20.3. The summed E-state index contributed by atoms with van der Waals surface area (Å²) < 4.78 is 0. The summed E-state index contributed by atoms with van der Waals surface area (Å²) in [6, 6.07) is 7.78. The minimum Gasteiger partial charge on any atom is -0.481 e. The number of carbonyl (C=O) groups is 2. The van der Waals surface area contributed by atoms with Gasteiger partial charge in [-0.3, -0.25) is 9.59 Å². The fourth-order valence-corrected chi connectivity index (χ4v) is 3.32. The van der Waals surface area contributed by atoms with Gasteiger partial charge in [0.1, 0.15) is 0 Å². The van der Waals surface area contributed by atoms with Crippen LogP contribution in [0.25, 0.3) is 12.2 Å². The van der Waals surface area contributed by atoms with Gasteiger partial charge in [0.05, 0.1) is 12.3 Å². The molecule has 4 nitrogen and oxygen atoms in total. The first kappa shape index (κ1) is 17.0. The lowest BCUT2D eigenvalue weighted by Gasteiger charge is -2.17. The fourth-order valence-electron chi connectivity index (χ4n) is 2.71. The van der Waals surface area contributed by atoms with Gasteiger partial charge in [0.2, 0.25) is 0 Å². The van der Waals surface area contributed by atoms with E-state index >= 15 is 0 Å². The Kier molecular flexibility index (Phi) is 5.34. The van der Waals surface area contributed by atoms with Crippen molar-refractivity contribution in [1.82, 2.24) is 0 Å². The lowest BCUT2D eigenvalue weighted by atomic mass is 9.87. The highest BCUT2D eigenvalue weighted by Gasteiger charge is 2.26. The van der Waals surface area contributed by atoms with Gasteiger partial charge in [0.25, 0.3) is 0 Å². The Morgan fingerprint density at radius 1 is 1.17 bits per heavy atom. The van der Waals surface area contributed by atoms with Gasteiger partial charge >= 0.3 is 11.9 Å². The van der Waals surface area contributed by atoms with Gasteiger partial charge in [0.15, 0.2) is 0 Å². The van der Waals surface area contributed by atoms with Crippen molar-refractivity contribution in [2.45, 2.75) is 26.2 Å². The van der Waals surface area contributed by atoms with Gasteiger partial charge in [-0.1, -0.05) is 24.3 Å². The number of thiophene rings is 1. The standard InChI is InChI=1S/C18H18O4S/c1-11-8-13(5-6-14-4-3-7-23-14)9-12(2)17(11)15(18(21)22)10-16(19)20/h3-9,15H,10H2,1-2H3,(H,19,20)(H,21,22). The maximum absolute atomic E-state index is 11.4. The number of rotatable bonds is 6. The average Bonchev–Trinajstić information content (AvgIpc) is 2.96. The van der Waals surface area contributed by atoms with Crippen molar-refractivity contribution in [2.75, 3.05) is 0 Å². The molecule has 5 heteroatoms. The van der Waals surface area contributed by atoms with Gasteiger partial charge < -0.3 is 10.2 Å². The SMILES string of the molecule is Cc1cc(C=Cc2cccs2)cc(C)c1C(CC(=O)O)C(=O)O. The monoisotopic (exact) mass is 330 g/mol. The molecule has 2 rings (SSSR count). The molecule has 0 saturated heterocycles. The summed E-state index contributed by atoms with van der Waals surface area (Å²) >= 11 is 1.64. The molecular weight excluding hydrogens is 312 g/mol. The van der Waals surface area contributed by atoms with Gasteiger partial charge in [-0.05, 0) is 53.6 Å². The molecule has 0 aliphatic carbocycles. The second kappa shape index (κ2) is 7.24. The van der Waals surface area contributed by atoms with Crippen molar-refractivity contribution in [3.05, 3.63) is 56.8 Å². The third-order valence-corrected chi connectivity index (χ3v) is 4.46. The van der Waals surface area contributed by atoms with E-state index < -0.39 is 24.3 Å². The maximum atomic E-state index is 11.4. The van der Waals surface area contributed by atoms with Crippen LogP contribution in [0.2, 0.25) is 0 Å². The number of carboxylic acid groups (broad SMARTS) is 2. The molecule has 23 heavy (non-hydrogen) atoms. The van der Waals surface area contributed by atoms with Crippen LogP contribution in [-0.4, -0.2) is 22.2 Å². The van der Waals surface area contributed by atoms with Crippen LogP contribution in [0.4, 0.5) is 0 Å². The Morgan fingerprint density at radius 3 is 2.30 bits per heavy atom. The quantitative estimate of drug-likeness (QED) is 0.833. The Labute approximate surface area is 138 Å². The van der Waals surface area contributed by atoms with Crippen molar-refractivity contribution in [3.8, 4) is 0 Å². The zero-order valence-electron chi connectivity index (χ0n) is 12.9. The molecule has 120 valence electrons. The topological polar surface area (TPSA) is 74.6 Å². The van der Waals surface area contributed by atoms with Crippen LogP contribution in [0.15, 0.2) is 29.6 Å². The number of aryl methyl sites for hydroxylation is 2. The summed E-state index contributed by atoms with van der Waals surface area (Å²) in [6.45, 7) is 3.64. The van der Waals surface area contributed by atoms with E-state index in [0.717, 1.165) is 21.6 Å². The largest absolute Gasteiger partial charge is 0.481 e. The van der Waals surface area contributed by atoms with Crippen LogP contribution in [0, 0.1) is 13.8 Å². The minimum absolute atomic E-state index is 0.415. The highest BCUT2D eigenvalue weighted by atomic mass is 32.1. The van der Waals surface area contributed by atoms with Crippen LogP contribution in [0.5, 0.6) is 0 Å². The van der Waals surface area contributed by atoms with Crippen LogP contribution in [0.1, 0.15) is 39.5 Å². The predicted molar refractivity (Wildman–Crippen MR) is 91.8 cm³/mol. The summed E-state index contributed by atoms with van der Waals surface area (Å²) in [5.41, 5.74) is 3.15. The van der Waals surface area contributed by atoms with E-state index in [0.29, 0.717) is 5.56 Å². The Hall–Kier alpha value is -2.40. The molecule has 1 aromatic heterocycles. The lowest BCUT2D eigenvalue weighted by Crippen LogP contribution is -2.18.